The Labute approximate surface area is 65.0 Å². The Kier molecular flexibility index (Phi) is 3.95. The highest BCUT2D eigenvalue weighted by atomic mass is 16.5. The van der Waals surface area contributed by atoms with Gasteiger partial charge in [0, 0.05) is 13.0 Å². The lowest BCUT2D eigenvalue weighted by atomic mass is 10.3. The van der Waals surface area contributed by atoms with Crippen LogP contribution < -0.4 is 5.73 Å². The zero-order chi connectivity index (χ0) is 8.85. The van der Waals surface area contributed by atoms with Crippen molar-refractivity contribution < 1.29 is 14.3 Å². The van der Waals surface area contributed by atoms with Crippen molar-refractivity contribution in [1.29, 1.82) is 0 Å². The largest absolute Gasteiger partial charge is 0.459 e. The van der Waals surface area contributed by atoms with E-state index < -0.39 is 12.0 Å². The topological polar surface area (TPSA) is 69.4 Å². The first-order valence-electron chi connectivity index (χ1n) is 3.17. The molecule has 11 heavy (non-hydrogen) atoms. The second-order valence-corrected chi connectivity index (χ2v) is 2.08. The Hall–Kier alpha value is -1.32. The predicted molar refractivity (Wildman–Crippen MR) is 39.6 cm³/mol. The monoisotopic (exact) mass is 157 g/mol. The molecule has 0 aromatic heterocycles. The molecule has 0 saturated heterocycles. The van der Waals surface area contributed by atoms with Gasteiger partial charge >= 0.3 is 5.97 Å². The van der Waals surface area contributed by atoms with E-state index in [9.17, 15) is 9.59 Å². The summed E-state index contributed by atoms with van der Waals surface area (Å²) in [5.74, 6) is -0.935. The number of ether oxygens (including phenoxy) is 1. The molecule has 1 amide bonds. The van der Waals surface area contributed by atoms with Crippen LogP contribution >= 0.6 is 0 Å². The van der Waals surface area contributed by atoms with Gasteiger partial charge in [-0.2, -0.15) is 0 Å². The molecule has 1 atom stereocenters. The highest BCUT2D eigenvalue weighted by molar-refractivity contribution is 5.85. The minimum atomic E-state index is -0.552. The fourth-order valence-corrected chi connectivity index (χ4v) is 0.531. The summed E-state index contributed by atoms with van der Waals surface area (Å²) in [6.07, 6.45) is 2.18. The fraction of sp³-hybridized carbons (Fsp3) is 0.429. The summed E-state index contributed by atoms with van der Waals surface area (Å²) in [5, 5.41) is 0. The average Bonchev–Trinajstić information content (AvgIpc) is 1.82. The van der Waals surface area contributed by atoms with Crippen LogP contribution in [0.5, 0.6) is 0 Å². The molecule has 62 valence electrons. The standard InChI is InChI=1S/C7H11NO3/c1-5(11-6(2)9)3-4-7(8)10/h3-5H,1-2H3,(H2,8,10)/b4-3-. The molecule has 0 aliphatic heterocycles. The maximum absolute atomic E-state index is 10.3. The Balaban J connectivity index is 3.77. The molecule has 0 aliphatic rings. The molecule has 0 aliphatic carbocycles. The zero-order valence-corrected chi connectivity index (χ0v) is 6.53. The Bertz CT molecular complexity index is 186. The van der Waals surface area contributed by atoms with Gasteiger partial charge in [0.1, 0.15) is 6.10 Å². The highest BCUT2D eigenvalue weighted by Gasteiger charge is 1.99. The van der Waals surface area contributed by atoms with E-state index in [4.69, 9.17) is 5.73 Å². The number of hydrogen-bond donors (Lipinski definition) is 1. The van der Waals surface area contributed by atoms with Crippen LogP contribution in [0.3, 0.4) is 0 Å². The van der Waals surface area contributed by atoms with E-state index in [1.807, 2.05) is 0 Å². The van der Waals surface area contributed by atoms with Gasteiger partial charge in [0.05, 0.1) is 0 Å². The Morgan fingerprint density at radius 3 is 2.45 bits per heavy atom. The van der Waals surface area contributed by atoms with E-state index in [-0.39, 0.29) is 5.97 Å². The molecule has 0 saturated carbocycles. The third kappa shape index (κ3) is 6.57. The third-order valence-electron chi connectivity index (χ3n) is 0.883. The van der Waals surface area contributed by atoms with Crippen LogP contribution in [0.15, 0.2) is 12.2 Å². The summed E-state index contributed by atoms with van der Waals surface area (Å²) in [5.41, 5.74) is 4.81. The number of nitrogens with two attached hydrogens (primary N) is 1. The molecule has 0 fully saturated rings. The van der Waals surface area contributed by atoms with Crippen LogP contribution in [0.25, 0.3) is 0 Å². The minimum Gasteiger partial charge on any atom is -0.459 e. The number of carbonyl (C=O) groups excluding carboxylic acids is 2. The van der Waals surface area contributed by atoms with Gasteiger partial charge in [-0.25, -0.2) is 0 Å². The molecular weight excluding hydrogens is 146 g/mol. The van der Waals surface area contributed by atoms with Crippen molar-refractivity contribution in [2.75, 3.05) is 0 Å². The fourth-order valence-electron chi connectivity index (χ4n) is 0.531. The van der Waals surface area contributed by atoms with Gasteiger partial charge in [0.25, 0.3) is 0 Å². The van der Waals surface area contributed by atoms with Crippen molar-refractivity contribution in [3.05, 3.63) is 12.2 Å². The van der Waals surface area contributed by atoms with Crippen molar-refractivity contribution in [3.63, 3.8) is 0 Å². The van der Waals surface area contributed by atoms with E-state index >= 15 is 0 Å². The Morgan fingerprint density at radius 2 is 2.09 bits per heavy atom. The van der Waals surface area contributed by atoms with Gasteiger partial charge in [-0.1, -0.05) is 0 Å². The van der Waals surface area contributed by atoms with Gasteiger partial charge < -0.3 is 10.5 Å². The summed E-state index contributed by atoms with van der Waals surface area (Å²) >= 11 is 0. The zero-order valence-electron chi connectivity index (χ0n) is 6.53. The van der Waals surface area contributed by atoms with Crippen LogP contribution in [0, 0.1) is 0 Å². The molecule has 0 spiro atoms. The van der Waals surface area contributed by atoms with Gasteiger partial charge in [-0.15, -0.1) is 0 Å². The average molecular weight is 157 g/mol. The highest BCUT2D eigenvalue weighted by Crippen LogP contribution is 1.92. The molecule has 0 bridgehead atoms. The van der Waals surface area contributed by atoms with Crippen LogP contribution in [0.1, 0.15) is 13.8 Å². The van der Waals surface area contributed by atoms with Gasteiger partial charge in [0.2, 0.25) is 5.91 Å². The van der Waals surface area contributed by atoms with Crippen LogP contribution in [-0.2, 0) is 14.3 Å². The molecule has 0 rings (SSSR count). The normalized spacial score (nSPS) is 12.9. The quantitative estimate of drug-likeness (QED) is 0.462. The summed E-state index contributed by atoms with van der Waals surface area (Å²) in [7, 11) is 0. The lowest BCUT2D eigenvalue weighted by Gasteiger charge is -2.04. The smallest absolute Gasteiger partial charge is 0.303 e. The number of rotatable bonds is 3. The first kappa shape index (κ1) is 9.68. The molecule has 1 unspecified atom stereocenters. The molecular formula is C7H11NO3. The summed E-state index contributed by atoms with van der Waals surface area (Å²) in [4.78, 5) is 20.5. The summed E-state index contributed by atoms with van der Waals surface area (Å²) < 4.78 is 4.67. The van der Waals surface area contributed by atoms with Crippen LogP contribution in [0.2, 0.25) is 0 Å². The molecule has 0 aromatic rings. The van der Waals surface area contributed by atoms with Gasteiger partial charge in [0.15, 0.2) is 0 Å². The third-order valence-corrected chi connectivity index (χ3v) is 0.883. The van der Waals surface area contributed by atoms with Crippen molar-refractivity contribution in [3.8, 4) is 0 Å². The molecule has 0 aromatic carbocycles. The van der Waals surface area contributed by atoms with E-state index in [1.165, 1.54) is 13.0 Å². The minimum absolute atomic E-state index is 0.383. The predicted octanol–water partition coefficient (Wildman–Crippen LogP) is -0.0205. The van der Waals surface area contributed by atoms with Gasteiger partial charge in [-0.3, -0.25) is 9.59 Å². The Morgan fingerprint density at radius 1 is 1.55 bits per heavy atom. The second kappa shape index (κ2) is 4.49. The number of hydrogen-bond acceptors (Lipinski definition) is 3. The first-order chi connectivity index (χ1) is 5.02. The SMILES string of the molecule is CC(=O)OC(C)/C=C\C(N)=O. The lowest BCUT2D eigenvalue weighted by Crippen LogP contribution is -2.11. The summed E-state index contributed by atoms with van der Waals surface area (Å²) in [6, 6.07) is 0. The van der Waals surface area contributed by atoms with E-state index in [2.05, 4.69) is 4.74 Å². The molecule has 4 nitrogen and oxygen atoms in total. The maximum atomic E-state index is 10.3. The van der Waals surface area contributed by atoms with Gasteiger partial charge in [-0.05, 0) is 13.0 Å². The van der Waals surface area contributed by atoms with E-state index in [0.717, 1.165) is 6.08 Å². The van der Waals surface area contributed by atoms with Crippen molar-refractivity contribution >= 4 is 11.9 Å². The molecule has 0 heterocycles. The first-order valence-corrected chi connectivity index (χ1v) is 3.17. The molecule has 2 N–H and O–H groups in total. The van der Waals surface area contributed by atoms with Crippen molar-refractivity contribution in [2.24, 2.45) is 5.73 Å². The van der Waals surface area contributed by atoms with Crippen molar-refractivity contribution in [1.82, 2.24) is 0 Å². The van der Waals surface area contributed by atoms with E-state index in [0.29, 0.717) is 0 Å². The van der Waals surface area contributed by atoms with E-state index in [1.54, 1.807) is 6.92 Å². The van der Waals surface area contributed by atoms with Crippen LogP contribution in [0.4, 0.5) is 0 Å². The number of primary amides is 1. The number of carbonyl (C=O) groups is 2. The number of esters is 1. The van der Waals surface area contributed by atoms with Crippen LogP contribution in [-0.4, -0.2) is 18.0 Å². The molecule has 4 heteroatoms. The summed E-state index contributed by atoms with van der Waals surface area (Å²) in [6.45, 7) is 2.94. The lowest BCUT2D eigenvalue weighted by molar-refractivity contribution is -0.143. The number of amides is 1. The van der Waals surface area contributed by atoms with Crippen molar-refractivity contribution in [2.45, 2.75) is 20.0 Å². The molecule has 0 radical (unpaired) electrons. The maximum Gasteiger partial charge on any atom is 0.303 e. The second-order valence-electron chi connectivity index (χ2n) is 2.08.